The van der Waals surface area contributed by atoms with Crippen molar-refractivity contribution in [2.75, 3.05) is 6.61 Å². The molecule has 8 atom stereocenters. The molecule has 0 heterocycles. The second-order valence-corrected chi connectivity index (χ2v) is 21.7. The van der Waals surface area contributed by atoms with E-state index in [9.17, 15) is 9.59 Å². The highest BCUT2D eigenvalue weighted by atomic mass is 28.4. The third-order valence-corrected chi connectivity index (χ3v) is 19.2. The third-order valence-electron chi connectivity index (χ3n) is 13.2. The molecular weight excluding hydrogens is 512 g/mol. The van der Waals surface area contributed by atoms with Crippen molar-refractivity contribution in [3.8, 4) is 0 Å². The van der Waals surface area contributed by atoms with Crippen LogP contribution in [0.4, 0.5) is 0 Å². The first kappa shape index (κ1) is 32.0. The van der Waals surface area contributed by atoms with Crippen LogP contribution in [-0.4, -0.2) is 32.8 Å². The number of hydrogen-bond acceptors (Lipinski definition) is 4. The van der Waals surface area contributed by atoms with Gasteiger partial charge in [-0.2, -0.15) is 0 Å². The molecule has 0 aromatic carbocycles. The molecule has 3 saturated carbocycles. The Morgan fingerprint density at radius 2 is 1.55 bits per heavy atom. The fourth-order valence-electron chi connectivity index (χ4n) is 11.4. The van der Waals surface area contributed by atoms with Crippen LogP contribution >= 0.6 is 0 Å². The van der Waals surface area contributed by atoms with E-state index < -0.39 is 13.7 Å². The third kappa shape index (κ3) is 4.72. The van der Waals surface area contributed by atoms with Gasteiger partial charge in [-0.15, -0.1) is 0 Å². The molecule has 0 amide bonds. The number of carbonyl (C=O) groups excluding carboxylic acids is 2. The lowest BCUT2D eigenvalue weighted by Crippen LogP contribution is -2.60. The molecular formula is C35H60O4Si. The zero-order valence-corrected chi connectivity index (χ0v) is 28.9. The van der Waals surface area contributed by atoms with Crippen molar-refractivity contribution >= 4 is 20.1 Å². The molecule has 0 N–H and O–H groups in total. The summed E-state index contributed by atoms with van der Waals surface area (Å²) in [5.41, 5.74) is 2.65. The largest absolute Gasteiger partial charge is 0.461 e. The van der Waals surface area contributed by atoms with Gasteiger partial charge >= 0.3 is 5.97 Å². The molecule has 5 heteroatoms. The molecule has 4 aliphatic rings. The van der Waals surface area contributed by atoms with Crippen LogP contribution in [0.1, 0.15) is 122 Å². The highest BCUT2D eigenvalue weighted by Crippen LogP contribution is 2.68. The number of rotatable bonds is 8. The van der Waals surface area contributed by atoms with E-state index >= 15 is 0 Å². The van der Waals surface area contributed by atoms with E-state index in [0.717, 1.165) is 19.4 Å². The van der Waals surface area contributed by atoms with Gasteiger partial charge in [0.05, 0.1) is 0 Å². The second-order valence-electron chi connectivity index (χ2n) is 16.2. The van der Waals surface area contributed by atoms with Gasteiger partial charge in [0.15, 0.2) is 8.32 Å². The van der Waals surface area contributed by atoms with Crippen molar-refractivity contribution in [2.45, 2.75) is 144 Å². The van der Waals surface area contributed by atoms with E-state index in [2.05, 4.69) is 82.2 Å². The highest BCUT2D eigenvalue weighted by Gasteiger charge is 2.64. The summed E-state index contributed by atoms with van der Waals surface area (Å²) in [4.78, 5) is 25.4. The molecule has 4 rings (SSSR count). The fourth-order valence-corrected chi connectivity index (χ4v) is 16.9. The number of allylic oxidation sites excluding steroid dienone is 1. The molecule has 0 aromatic heterocycles. The molecule has 1 unspecified atom stereocenters. The van der Waals surface area contributed by atoms with Crippen LogP contribution in [0.15, 0.2) is 11.6 Å². The summed E-state index contributed by atoms with van der Waals surface area (Å²) in [6.45, 7) is 28.3. The minimum atomic E-state index is -1.88. The Labute approximate surface area is 246 Å². The molecule has 0 saturated heterocycles. The van der Waals surface area contributed by atoms with Gasteiger partial charge in [0.1, 0.15) is 11.9 Å². The van der Waals surface area contributed by atoms with Gasteiger partial charge in [-0.05, 0) is 97.6 Å². The van der Waals surface area contributed by atoms with Crippen molar-refractivity contribution in [2.24, 2.45) is 45.8 Å². The summed E-state index contributed by atoms with van der Waals surface area (Å²) < 4.78 is 13.1. The van der Waals surface area contributed by atoms with E-state index in [0.29, 0.717) is 58.0 Å². The molecule has 0 spiro atoms. The van der Waals surface area contributed by atoms with Crippen LogP contribution in [0.5, 0.6) is 0 Å². The van der Waals surface area contributed by atoms with E-state index in [1.165, 1.54) is 31.8 Å². The average molecular weight is 573 g/mol. The number of fused-ring (bicyclic) bond motifs is 5. The van der Waals surface area contributed by atoms with Crippen LogP contribution in [0, 0.1) is 45.8 Å². The minimum absolute atomic E-state index is 0.208. The summed E-state index contributed by atoms with van der Waals surface area (Å²) in [6.07, 6.45) is 8.41. The maximum atomic E-state index is 13.2. The van der Waals surface area contributed by atoms with E-state index in [4.69, 9.17) is 9.16 Å². The molecule has 3 fully saturated rings. The smallest absolute Gasteiger partial charge is 0.302 e. The second kappa shape index (κ2) is 11.0. The quantitative estimate of drug-likeness (QED) is 0.165. The first-order chi connectivity index (χ1) is 18.4. The lowest BCUT2D eigenvalue weighted by atomic mass is 9.43. The maximum Gasteiger partial charge on any atom is 0.302 e. The zero-order valence-electron chi connectivity index (χ0n) is 27.9. The summed E-state index contributed by atoms with van der Waals surface area (Å²) in [5, 5.41) is 0. The Morgan fingerprint density at radius 3 is 2.10 bits per heavy atom. The topological polar surface area (TPSA) is 52.6 Å². The SMILES string of the molecule is CC(=O)OC1CC(=O)C(C)(C)C2=CC[C@H]3[C@@H]4CC[C@H]([C@H](C)CO[Si](C(C)C)(C(C)C)C(C)C)[C@@]4(C)CC[C@@H]3[C@]21C. The predicted molar refractivity (Wildman–Crippen MR) is 166 cm³/mol. The van der Waals surface area contributed by atoms with Crippen molar-refractivity contribution in [1.82, 2.24) is 0 Å². The van der Waals surface area contributed by atoms with Crippen LogP contribution in [0.2, 0.25) is 16.6 Å². The molecule has 4 aliphatic carbocycles. The first-order valence-corrected chi connectivity index (χ1v) is 18.6. The van der Waals surface area contributed by atoms with Gasteiger partial charge < -0.3 is 9.16 Å². The number of carbonyl (C=O) groups is 2. The van der Waals surface area contributed by atoms with E-state index in [-0.39, 0.29) is 23.3 Å². The van der Waals surface area contributed by atoms with Gasteiger partial charge in [-0.25, -0.2) is 0 Å². The summed E-state index contributed by atoms with van der Waals surface area (Å²) in [6, 6.07) is 0. The van der Waals surface area contributed by atoms with Gasteiger partial charge in [0.2, 0.25) is 0 Å². The number of ether oxygens (including phenoxy) is 1. The number of hydrogen-bond donors (Lipinski definition) is 0. The van der Waals surface area contributed by atoms with Crippen molar-refractivity contribution in [1.29, 1.82) is 0 Å². The lowest BCUT2D eigenvalue weighted by Gasteiger charge is -2.61. The summed E-state index contributed by atoms with van der Waals surface area (Å²) >= 11 is 0. The zero-order chi connectivity index (χ0) is 30.0. The fraction of sp³-hybridized carbons (Fsp3) is 0.886. The monoisotopic (exact) mass is 572 g/mol. The van der Waals surface area contributed by atoms with Crippen LogP contribution in [0.25, 0.3) is 0 Å². The average Bonchev–Trinajstić information content (AvgIpc) is 3.19. The van der Waals surface area contributed by atoms with Crippen molar-refractivity contribution < 1.29 is 18.8 Å². The molecule has 0 aliphatic heterocycles. The highest BCUT2D eigenvalue weighted by molar-refractivity contribution is 6.77. The van der Waals surface area contributed by atoms with E-state index in [1.807, 2.05) is 0 Å². The van der Waals surface area contributed by atoms with Crippen LogP contribution in [0.3, 0.4) is 0 Å². The van der Waals surface area contributed by atoms with Gasteiger partial charge in [-0.3, -0.25) is 9.59 Å². The predicted octanol–water partition coefficient (Wildman–Crippen LogP) is 9.14. The molecule has 0 bridgehead atoms. The normalized spacial score (nSPS) is 38.1. The number of ketones is 1. The lowest BCUT2D eigenvalue weighted by molar-refractivity contribution is -0.169. The molecule has 0 aromatic rings. The van der Waals surface area contributed by atoms with Gasteiger partial charge in [0, 0.05) is 30.8 Å². The van der Waals surface area contributed by atoms with E-state index in [1.54, 1.807) is 0 Å². The molecule has 0 radical (unpaired) electrons. The standard InChI is InChI=1S/C35H60O4Si/c1-21(2)40(22(3)4,23(5)6)38-20-24(7)27-14-15-28-26-13-16-30-33(9,10)31(37)19-32(39-25(8)36)35(30,12)29(26)17-18-34(27,28)11/h16,21-24,26-29,32H,13-15,17-20H2,1-12H3/t24-,26+,27-,28+,29+,32?,34-,35-/m1/s1. The van der Waals surface area contributed by atoms with Crippen molar-refractivity contribution in [3.05, 3.63) is 11.6 Å². The Kier molecular flexibility index (Phi) is 8.76. The number of esters is 1. The first-order valence-electron chi connectivity index (χ1n) is 16.5. The maximum absolute atomic E-state index is 13.2. The van der Waals surface area contributed by atoms with Crippen LogP contribution in [-0.2, 0) is 18.8 Å². The Hall–Kier alpha value is -0.943. The molecule has 40 heavy (non-hydrogen) atoms. The number of Topliss-reactive ketones (excluding diaryl/α,β-unsaturated/α-hetero) is 1. The van der Waals surface area contributed by atoms with Gasteiger partial charge in [-0.1, -0.05) is 74.0 Å². The van der Waals surface area contributed by atoms with Gasteiger partial charge in [0.25, 0.3) is 0 Å². The molecule has 4 nitrogen and oxygen atoms in total. The summed E-state index contributed by atoms with van der Waals surface area (Å²) in [7, 11) is -1.88. The Bertz CT molecular complexity index is 989. The van der Waals surface area contributed by atoms with Crippen LogP contribution < -0.4 is 0 Å². The van der Waals surface area contributed by atoms with Crippen molar-refractivity contribution in [3.63, 3.8) is 0 Å². The molecule has 228 valence electrons. The minimum Gasteiger partial charge on any atom is -0.461 e. The summed E-state index contributed by atoms with van der Waals surface area (Å²) in [5.74, 6) is 2.90. The Morgan fingerprint density at radius 1 is 0.950 bits per heavy atom. The Balaban J connectivity index is 1.60.